The van der Waals surface area contributed by atoms with Crippen LogP contribution in [-0.4, -0.2) is 5.88 Å². The molecule has 0 unspecified atom stereocenters. The van der Waals surface area contributed by atoms with E-state index >= 15 is 0 Å². The molecule has 0 aliphatic carbocycles. The third-order valence-corrected chi connectivity index (χ3v) is 4.46. The average molecular weight is 321 g/mol. The van der Waals surface area contributed by atoms with Crippen LogP contribution in [0.3, 0.4) is 0 Å². The van der Waals surface area contributed by atoms with Gasteiger partial charge in [-0.1, -0.05) is 42.5 Å². The molecule has 1 aromatic heterocycles. The normalized spacial score (nSPS) is 12.5. The van der Waals surface area contributed by atoms with Crippen molar-refractivity contribution < 1.29 is 9.13 Å². The second-order valence-corrected chi connectivity index (χ2v) is 6.10. The molecule has 1 nitrogen and oxygen atoms in total. The molecule has 2 aromatic carbocycles. The van der Waals surface area contributed by atoms with Crippen molar-refractivity contribution in [2.45, 2.75) is 12.5 Å². The molecule has 1 atom stereocenters. The van der Waals surface area contributed by atoms with E-state index in [1.807, 2.05) is 48.5 Å². The van der Waals surface area contributed by atoms with E-state index in [4.69, 9.17) is 16.3 Å². The number of ether oxygens (including phenoxy) is 1. The number of alkyl halides is 1. The number of hydrogen-bond acceptors (Lipinski definition) is 2. The molecule has 0 bridgehead atoms. The van der Waals surface area contributed by atoms with Crippen LogP contribution in [0.2, 0.25) is 0 Å². The Morgan fingerprint density at radius 3 is 2.67 bits per heavy atom. The topological polar surface area (TPSA) is 9.23 Å². The number of benzene rings is 2. The van der Waals surface area contributed by atoms with Gasteiger partial charge in [-0.15, -0.1) is 22.9 Å². The molecular weight excluding hydrogens is 307 g/mol. The molecule has 0 saturated heterocycles. The predicted molar refractivity (Wildman–Crippen MR) is 86.9 cm³/mol. The maximum absolute atomic E-state index is 13.5. The van der Waals surface area contributed by atoms with E-state index in [2.05, 4.69) is 0 Å². The van der Waals surface area contributed by atoms with Gasteiger partial charge in [-0.25, -0.2) is 0 Å². The molecule has 0 spiro atoms. The van der Waals surface area contributed by atoms with Crippen LogP contribution >= 0.6 is 22.9 Å². The summed E-state index contributed by atoms with van der Waals surface area (Å²) < 4.78 is 20.4. The first-order chi connectivity index (χ1) is 10.3. The van der Waals surface area contributed by atoms with E-state index in [-0.39, 0.29) is 11.2 Å². The highest BCUT2D eigenvalue weighted by molar-refractivity contribution is 7.17. The molecule has 21 heavy (non-hydrogen) atoms. The number of hydrogen-bond donors (Lipinski definition) is 0. The second kappa shape index (κ2) is 6.46. The summed E-state index contributed by atoms with van der Waals surface area (Å²) in [6.45, 7) is 0. The molecule has 0 aliphatic rings. The summed E-state index contributed by atoms with van der Waals surface area (Å²) in [5, 5.41) is 0.669. The van der Waals surface area contributed by atoms with Crippen LogP contribution in [0.4, 0.5) is 4.39 Å². The Balaban J connectivity index is 1.94. The zero-order valence-electron chi connectivity index (χ0n) is 11.3. The van der Waals surface area contributed by atoms with Crippen LogP contribution in [-0.2, 0) is 0 Å². The van der Waals surface area contributed by atoms with Crippen molar-refractivity contribution in [2.24, 2.45) is 0 Å². The fourth-order valence-electron chi connectivity index (χ4n) is 2.31. The van der Waals surface area contributed by atoms with E-state index in [0.29, 0.717) is 18.1 Å². The quantitative estimate of drug-likeness (QED) is 0.541. The van der Waals surface area contributed by atoms with Crippen LogP contribution in [0.15, 0.2) is 54.6 Å². The summed E-state index contributed by atoms with van der Waals surface area (Å²) >= 11 is 7.01. The van der Waals surface area contributed by atoms with Crippen LogP contribution in [0.1, 0.15) is 18.1 Å². The van der Waals surface area contributed by atoms with E-state index in [0.717, 1.165) is 27.0 Å². The summed E-state index contributed by atoms with van der Waals surface area (Å²) in [7, 11) is 0. The van der Waals surface area contributed by atoms with Gasteiger partial charge in [0.25, 0.3) is 0 Å². The summed E-state index contributed by atoms with van der Waals surface area (Å²) in [4.78, 5) is 0. The minimum atomic E-state index is -0.199. The SMILES string of the molecule is Fc1cc2cccc(O[C@H](CCCl)c3ccccc3)c2s1. The Bertz CT molecular complexity index is 726. The van der Waals surface area contributed by atoms with Crippen LogP contribution in [0.5, 0.6) is 5.75 Å². The van der Waals surface area contributed by atoms with Gasteiger partial charge in [-0.3, -0.25) is 0 Å². The minimum absolute atomic E-state index is 0.125. The lowest BCUT2D eigenvalue weighted by atomic mass is 10.1. The van der Waals surface area contributed by atoms with Gasteiger partial charge in [0, 0.05) is 12.3 Å². The van der Waals surface area contributed by atoms with Gasteiger partial charge < -0.3 is 4.74 Å². The third kappa shape index (κ3) is 3.20. The van der Waals surface area contributed by atoms with Crippen molar-refractivity contribution in [1.29, 1.82) is 0 Å². The van der Waals surface area contributed by atoms with Gasteiger partial charge in [-0.2, -0.15) is 4.39 Å². The largest absolute Gasteiger partial charge is 0.484 e. The number of halogens is 2. The van der Waals surface area contributed by atoms with E-state index < -0.39 is 0 Å². The fraction of sp³-hybridized carbons (Fsp3) is 0.176. The first-order valence-corrected chi connectivity index (χ1v) is 8.08. The van der Waals surface area contributed by atoms with Crippen LogP contribution in [0.25, 0.3) is 10.1 Å². The molecular formula is C17H14ClFOS. The van der Waals surface area contributed by atoms with Crippen molar-refractivity contribution in [3.63, 3.8) is 0 Å². The van der Waals surface area contributed by atoms with Gasteiger partial charge >= 0.3 is 0 Å². The standard InChI is InChI=1S/C17H14ClFOS/c18-10-9-14(12-5-2-1-3-6-12)20-15-8-4-7-13-11-16(19)21-17(13)15/h1-8,11,14H,9-10H2/t14-/m1/s1. The zero-order valence-corrected chi connectivity index (χ0v) is 12.8. The van der Waals surface area contributed by atoms with Crippen LogP contribution < -0.4 is 4.74 Å². The van der Waals surface area contributed by atoms with Crippen molar-refractivity contribution in [3.05, 3.63) is 65.3 Å². The van der Waals surface area contributed by atoms with E-state index in [9.17, 15) is 4.39 Å². The lowest BCUT2D eigenvalue weighted by Gasteiger charge is -2.19. The Hall–Kier alpha value is -1.58. The third-order valence-electron chi connectivity index (χ3n) is 3.29. The summed E-state index contributed by atoms with van der Waals surface area (Å²) in [6.07, 6.45) is 0.579. The molecule has 0 fully saturated rings. The zero-order chi connectivity index (χ0) is 14.7. The monoisotopic (exact) mass is 320 g/mol. The fourth-order valence-corrected chi connectivity index (χ4v) is 3.35. The van der Waals surface area contributed by atoms with Crippen molar-refractivity contribution in [3.8, 4) is 5.75 Å². The van der Waals surface area contributed by atoms with Gasteiger partial charge in [0.05, 0.1) is 4.70 Å². The number of thiophene rings is 1. The molecule has 0 aliphatic heterocycles. The van der Waals surface area contributed by atoms with Crippen molar-refractivity contribution in [2.75, 3.05) is 5.88 Å². The molecule has 0 radical (unpaired) electrons. The molecule has 3 rings (SSSR count). The average Bonchev–Trinajstić information content (AvgIpc) is 2.89. The lowest BCUT2D eigenvalue weighted by Crippen LogP contribution is -2.08. The molecule has 1 heterocycles. The second-order valence-electron chi connectivity index (χ2n) is 4.72. The van der Waals surface area contributed by atoms with Gasteiger partial charge in [-0.05, 0) is 23.1 Å². The lowest BCUT2D eigenvalue weighted by molar-refractivity contribution is 0.205. The van der Waals surface area contributed by atoms with Crippen molar-refractivity contribution >= 4 is 33.0 Å². The van der Waals surface area contributed by atoms with Gasteiger partial charge in [0.1, 0.15) is 11.9 Å². The molecule has 3 aromatic rings. The number of rotatable bonds is 5. The molecule has 4 heteroatoms. The Morgan fingerprint density at radius 2 is 1.90 bits per heavy atom. The first kappa shape index (κ1) is 14.4. The maximum atomic E-state index is 13.5. The first-order valence-electron chi connectivity index (χ1n) is 6.73. The van der Waals surface area contributed by atoms with E-state index in [1.54, 1.807) is 0 Å². The van der Waals surface area contributed by atoms with Crippen LogP contribution in [0, 0.1) is 5.13 Å². The van der Waals surface area contributed by atoms with E-state index in [1.165, 1.54) is 6.07 Å². The highest BCUT2D eigenvalue weighted by Crippen LogP contribution is 2.36. The summed E-state index contributed by atoms with van der Waals surface area (Å²) in [5.41, 5.74) is 1.08. The maximum Gasteiger partial charge on any atom is 0.177 e. The Morgan fingerprint density at radius 1 is 1.10 bits per heavy atom. The molecule has 108 valence electrons. The molecule has 0 N–H and O–H groups in total. The highest BCUT2D eigenvalue weighted by Gasteiger charge is 2.15. The number of fused-ring (bicyclic) bond motifs is 1. The van der Waals surface area contributed by atoms with Crippen molar-refractivity contribution in [1.82, 2.24) is 0 Å². The Labute approximate surface area is 131 Å². The summed E-state index contributed by atoms with van der Waals surface area (Å²) in [6, 6.07) is 17.1. The summed E-state index contributed by atoms with van der Waals surface area (Å²) in [5.74, 6) is 1.22. The predicted octanol–water partition coefficient (Wildman–Crippen LogP) is 5.79. The molecule has 0 saturated carbocycles. The highest BCUT2D eigenvalue weighted by atomic mass is 35.5. The Kier molecular flexibility index (Phi) is 4.42. The minimum Gasteiger partial charge on any atom is -0.484 e. The van der Waals surface area contributed by atoms with Gasteiger partial charge in [0.15, 0.2) is 5.13 Å². The van der Waals surface area contributed by atoms with Gasteiger partial charge in [0.2, 0.25) is 0 Å². The molecule has 0 amide bonds. The smallest absolute Gasteiger partial charge is 0.177 e.